The van der Waals surface area contributed by atoms with Gasteiger partial charge in [-0.15, -0.1) is 6.58 Å². The highest BCUT2D eigenvalue weighted by Gasteiger charge is 2.07. The van der Waals surface area contributed by atoms with Gasteiger partial charge >= 0.3 is 0 Å². The molecular weight excluding hydrogens is 126 g/mol. The van der Waals surface area contributed by atoms with Crippen LogP contribution in [-0.2, 0) is 4.74 Å². The molecule has 2 heteroatoms. The van der Waals surface area contributed by atoms with Gasteiger partial charge in [-0.1, -0.05) is 6.08 Å². The summed E-state index contributed by atoms with van der Waals surface area (Å²) in [6.07, 6.45) is 2.11. The number of methoxy groups -OCH3 is 1. The minimum absolute atomic E-state index is 0.264. The summed E-state index contributed by atoms with van der Waals surface area (Å²) >= 11 is 0. The second-order valence-electron chi connectivity index (χ2n) is 2.43. The van der Waals surface area contributed by atoms with E-state index in [4.69, 9.17) is 4.74 Å². The van der Waals surface area contributed by atoms with Crippen LogP contribution < -0.4 is 5.32 Å². The summed E-state index contributed by atoms with van der Waals surface area (Å²) in [6, 6.07) is 0.392. The summed E-state index contributed by atoms with van der Waals surface area (Å²) in [5, 5.41) is 3.24. The lowest BCUT2D eigenvalue weighted by atomic mass is 10.2. The lowest BCUT2D eigenvalue weighted by Gasteiger charge is -2.18. The van der Waals surface area contributed by atoms with Crippen molar-refractivity contribution < 1.29 is 4.74 Å². The Bertz CT molecular complexity index is 93.3. The van der Waals surface area contributed by atoms with E-state index < -0.39 is 0 Å². The monoisotopic (exact) mass is 143 g/mol. The van der Waals surface area contributed by atoms with Crippen LogP contribution in [0.4, 0.5) is 0 Å². The maximum absolute atomic E-state index is 5.11. The highest BCUT2D eigenvalue weighted by Crippen LogP contribution is 1.94. The molecule has 10 heavy (non-hydrogen) atoms. The average Bonchev–Trinajstić information content (AvgIpc) is 1.98. The van der Waals surface area contributed by atoms with Crippen LogP contribution in [0.15, 0.2) is 12.7 Å². The van der Waals surface area contributed by atoms with Gasteiger partial charge in [0.25, 0.3) is 0 Å². The van der Waals surface area contributed by atoms with Crippen LogP contribution in [0.25, 0.3) is 0 Å². The minimum Gasteiger partial charge on any atom is -0.380 e. The van der Waals surface area contributed by atoms with Gasteiger partial charge in [-0.2, -0.15) is 0 Å². The van der Waals surface area contributed by atoms with Gasteiger partial charge in [-0.05, 0) is 13.8 Å². The fraction of sp³-hybridized carbons (Fsp3) is 0.750. The molecule has 60 valence electrons. The second kappa shape index (κ2) is 5.45. The molecular formula is C8H17NO. The van der Waals surface area contributed by atoms with E-state index in [1.54, 1.807) is 7.11 Å². The van der Waals surface area contributed by atoms with E-state index in [2.05, 4.69) is 18.8 Å². The summed E-state index contributed by atoms with van der Waals surface area (Å²) in [4.78, 5) is 0. The fourth-order valence-electron chi connectivity index (χ4n) is 0.639. The fourth-order valence-corrected chi connectivity index (χ4v) is 0.639. The molecule has 0 aliphatic carbocycles. The Hall–Kier alpha value is -0.340. The Morgan fingerprint density at radius 2 is 2.20 bits per heavy atom. The number of ether oxygens (including phenoxy) is 1. The zero-order valence-corrected chi connectivity index (χ0v) is 7.05. The van der Waals surface area contributed by atoms with Crippen LogP contribution in [0.1, 0.15) is 13.8 Å². The lowest BCUT2D eigenvalue weighted by molar-refractivity contribution is 0.0900. The van der Waals surface area contributed by atoms with Gasteiger partial charge in [-0.25, -0.2) is 0 Å². The molecule has 0 aliphatic rings. The SMILES string of the molecule is C=CCNC(C)C(C)OC. The maximum atomic E-state index is 5.11. The molecule has 0 aromatic rings. The highest BCUT2D eigenvalue weighted by atomic mass is 16.5. The van der Waals surface area contributed by atoms with Crippen LogP contribution in [0, 0.1) is 0 Å². The number of hydrogen-bond acceptors (Lipinski definition) is 2. The molecule has 0 bridgehead atoms. The smallest absolute Gasteiger partial charge is 0.0693 e. The maximum Gasteiger partial charge on any atom is 0.0693 e. The summed E-state index contributed by atoms with van der Waals surface area (Å²) in [5.74, 6) is 0. The predicted molar refractivity (Wildman–Crippen MR) is 44.1 cm³/mol. The number of rotatable bonds is 5. The summed E-state index contributed by atoms with van der Waals surface area (Å²) in [5.41, 5.74) is 0. The van der Waals surface area contributed by atoms with E-state index in [0.717, 1.165) is 6.54 Å². The van der Waals surface area contributed by atoms with Gasteiger partial charge in [0.2, 0.25) is 0 Å². The standard InChI is InChI=1S/C8H17NO/c1-5-6-9-7(2)8(3)10-4/h5,7-9H,1,6H2,2-4H3. The Labute approximate surface area is 63.3 Å². The third-order valence-electron chi connectivity index (χ3n) is 1.66. The van der Waals surface area contributed by atoms with Crippen LogP contribution in [0.2, 0.25) is 0 Å². The third kappa shape index (κ3) is 3.64. The zero-order valence-electron chi connectivity index (χ0n) is 7.05. The minimum atomic E-state index is 0.264. The quantitative estimate of drug-likeness (QED) is 0.584. The topological polar surface area (TPSA) is 21.3 Å². The Balaban J connectivity index is 3.40. The second-order valence-corrected chi connectivity index (χ2v) is 2.43. The van der Waals surface area contributed by atoms with Crippen molar-refractivity contribution in [3.63, 3.8) is 0 Å². The summed E-state index contributed by atoms with van der Waals surface area (Å²) in [7, 11) is 1.72. The van der Waals surface area contributed by atoms with Gasteiger partial charge in [0.1, 0.15) is 0 Å². The van der Waals surface area contributed by atoms with Crippen molar-refractivity contribution in [2.75, 3.05) is 13.7 Å². The largest absolute Gasteiger partial charge is 0.380 e. The Kier molecular flexibility index (Phi) is 5.26. The molecule has 2 atom stereocenters. The van der Waals surface area contributed by atoms with Crippen molar-refractivity contribution >= 4 is 0 Å². The molecule has 0 saturated carbocycles. The molecule has 0 rings (SSSR count). The first-order valence-corrected chi connectivity index (χ1v) is 3.59. The highest BCUT2D eigenvalue weighted by molar-refractivity contribution is 4.75. The molecule has 0 aromatic carbocycles. The molecule has 2 nitrogen and oxygen atoms in total. The number of nitrogens with one attached hydrogen (secondary N) is 1. The van der Waals surface area contributed by atoms with Crippen LogP contribution in [-0.4, -0.2) is 25.8 Å². The van der Waals surface area contributed by atoms with Gasteiger partial charge in [-0.3, -0.25) is 0 Å². The van der Waals surface area contributed by atoms with E-state index in [9.17, 15) is 0 Å². The van der Waals surface area contributed by atoms with E-state index in [0.29, 0.717) is 6.04 Å². The van der Waals surface area contributed by atoms with Crippen molar-refractivity contribution in [2.24, 2.45) is 0 Å². The molecule has 0 aromatic heterocycles. The van der Waals surface area contributed by atoms with Crippen molar-refractivity contribution in [1.29, 1.82) is 0 Å². The van der Waals surface area contributed by atoms with E-state index in [-0.39, 0.29) is 6.10 Å². The third-order valence-corrected chi connectivity index (χ3v) is 1.66. The van der Waals surface area contributed by atoms with Crippen molar-refractivity contribution in [3.8, 4) is 0 Å². The first-order valence-electron chi connectivity index (χ1n) is 3.59. The van der Waals surface area contributed by atoms with Crippen molar-refractivity contribution in [3.05, 3.63) is 12.7 Å². The van der Waals surface area contributed by atoms with Gasteiger partial charge in [0.15, 0.2) is 0 Å². The van der Waals surface area contributed by atoms with Crippen LogP contribution in [0.3, 0.4) is 0 Å². The molecule has 0 fully saturated rings. The van der Waals surface area contributed by atoms with E-state index in [1.165, 1.54) is 0 Å². The number of hydrogen-bond donors (Lipinski definition) is 1. The van der Waals surface area contributed by atoms with Gasteiger partial charge in [0.05, 0.1) is 6.10 Å². The first kappa shape index (κ1) is 9.66. The Morgan fingerprint density at radius 3 is 2.60 bits per heavy atom. The molecule has 0 saturated heterocycles. The lowest BCUT2D eigenvalue weighted by Crippen LogP contribution is -2.36. The van der Waals surface area contributed by atoms with Crippen LogP contribution >= 0.6 is 0 Å². The summed E-state index contributed by atoms with van der Waals surface area (Å²) in [6.45, 7) is 8.59. The molecule has 0 spiro atoms. The molecule has 2 unspecified atom stereocenters. The predicted octanol–water partition coefficient (Wildman–Crippen LogP) is 1.19. The van der Waals surface area contributed by atoms with E-state index >= 15 is 0 Å². The van der Waals surface area contributed by atoms with Gasteiger partial charge < -0.3 is 10.1 Å². The van der Waals surface area contributed by atoms with Gasteiger partial charge in [0, 0.05) is 19.7 Å². The molecule has 0 radical (unpaired) electrons. The zero-order chi connectivity index (χ0) is 7.98. The van der Waals surface area contributed by atoms with Crippen molar-refractivity contribution in [1.82, 2.24) is 5.32 Å². The molecule has 0 aliphatic heterocycles. The Morgan fingerprint density at radius 1 is 1.60 bits per heavy atom. The van der Waals surface area contributed by atoms with Crippen LogP contribution in [0.5, 0.6) is 0 Å². The first-order chi connectivity index (χ1) is 4.72. The van der Waals surface area contributed by atoms with Crippen molar-refractivity contribution in [2.45, 2.75) is 26.0 Å². The average molecular weight is 143 g/mol. The summed E-state index contributed by atoms with van der Waals surface area (Å²) < 4.78 is 5.11. The van der Waals surface area contributed by atoms with E-state index in [1.807, 2.05) is 13.0 Å². The molecule has 0 amide bonds. The normalized spacial score (nSPS) is 16.3. The molecule has 1 N–H and O–H groups in total. The molecule has 0 heterocycles.